The first-order valence-corrected chi connectivity index (χ1v) is 10.2. The van der Waals surface area contributed by atoms with Gasteiger partial charge in [-0.3, -0.25) is 9.69 Å². The Morgan fingerprint density at radius 1 is 1.25 bits per heavy atom. The third-order valence-electron chi connectivity index (χ3n) is 4.91. The van der Waals surface area contributed by atoms with Gasteiger partial charge in [-0.15, -0.1) is 11.3 Å². The molecular formula is C21H23N3O3S. The molecule has 0 radical (unpaired) electrons. The number of carbonyl (C=O) groups is 1. The normalized spacial score (nSPS) is 16.0. The highest BCUT2D eigenvalue weighted by Crippen LogP contribution is 2.26. The van der Waals surface area contributed by atoms with Crippen LogP contribution in [0.1, 0.15) is 21.4 Å². The Balaban J connectivity index is 1.52. The standard InChI is InChI=1S/C21H23N3O3S/c1-26-16-6-4-5-15(13-16)18(24-9-11-27-12-10-24)14-22-20(25)21-23-17-7-2-3-8-19(17)28-21/h2-8,13,18H,9-12,14H2,1H3,(H,22,25). The number of nitrogens with one attached hydrogen (secondary N) is 1. The molecule has 1 aliphatic rings. The predicted octanol–water partition coefficient (Wildman–Crippen LogP) is 3.11. The molecule has 1 aromatic heterocycles. The minimum Gasteiger partial charge on any atom is -0.497 e. The van der Waals surface area contributed by atoms with Crippen molar-refractivity contribution in [1.29, 1.82) is 0 Å². The molecule has 146 valence electrons. The average molecular weight is 398 g/mol. The molecule has 4 rings (SSSR count). The first-order chi connectivity index (χ1) is 13.7. The first kappa shape index (κ1) is 18.9. The zero-order valence-corrected chi connectivity index (χ0v) is 16.6. The van der Waals surface area contributed by atoms with Gasteiger partial charge < -0.3 is 14.8 Å². The number of aromatic nitrogens is 1. The van der Waals surface area contributed by atoms with Crippen LogP contribution in [0.15, 0.2) is 48.5 Å². The summed E-state index contributed by atoms with van der Waals surface area (Å²) in [5.74, 6) is 0.676. The zero-order valence-electron chi connectivity index (χ0n) is 15.8. The van der Waals surface area contributed by atoms with Gasteiger partial charge >= 0.3 is 0 Å². The van der Waals surface area contributed by atoms with E-state index in [-0.39, 0.29) is 11.9 Å². The maximum atomic E-state index is 12.7. The van der Waals surface area contributed by atoms with Crippen LogP contribution in [-0.2, 0) is 4.74 Å². The summed E-state index contributed by atoms with van der Waals surface area (Å²) in [6.07, 6.45) is 0. The molecule has 28 heavy (non-hydrogen) atoms. The summed E-state index contributed by atoms with van der Waals surface area (Å²) in [5, 5.41) is 3.57. The van der Waals surface area contributed by atoms with Crippen molar-refractivity contribution in [1.82, 2.24) is 15.2 Å². The fourth-order valence-corrected chi connectivity index (χ4v) is 4.31. The van der Waals surface area contributed by atoms with E-state index in [1.54, 1.807) is 7.11 Å². The number of para-hydroxylation sites is 1. The van der Waals surface area contributed by atoms with Crippen LogP contribution >= 0.6 is 11.3 Å². The van der Waals surface area contributed by atoms with E-state index in [4.69, 9.17) is 9.47 Å². The predicted molar refractivity (Wildman–Crippen MR) is 110 cm³/mol. The molecular weight excluding hydrogens is 374 g/mol. The van der Waals surface area contributed by atoms with E-state index in [1.165, 1.54) is 11.3 Å². The monoisotopic (exact) mass is 397 g/mol. The molecule has 0 aliphatic carbocycles. The quantitative estimate of drug-likeness (QED) is 0.692. The SMILES string of the molecule is COc1cccc(C(CNC(=O)c2nc3ccccc3s2)N2CCOCC2)c1. The molecule has 0 bridgehead atoms. The van der Waals surface area contributed by atoms with Gasteiger partial charge in [-0.1, -0.05) is 24.3 Å². The Kier molecular flexibility index (Phi) is 5.85. The minimum atomic E-state index is -0.137. The first-order valence-electron chi connectivity index (χ1n) is 9.34. The molecule has 1 amide bonds. The van der Waals surface area contributed by atoms with Crippen LogP contribution in [0.3, 0.4) is 0 Å². The molecule has 1 fully saturated rings. The Bertz CT molecular complexity index is 920. The van der Waals surface area contributed by atoms with Crippen LogP contribution in [-0.4, -0.2) is 55.7 Å². The maximum absolute atomic E-state index is 12.7. The van der Waals surface area contributed by atoms with E-state index in [1.807, 2.05) is 42.5 Å². The average Bonchev–Trinajstić information content (AvgIpc) is 3.19. The van der Waals surface area contributed by atoms with E-state index >= 15 is 0 Å². The van der Waals surface area contributed by atoms with Gasteiger partial charge in [0.1, 0.15) is 5.75 Å². The minimum absolute atomic E-state index is 0.0531. The smallest absolute Gasteiger partial charge is 0.280 e. The second-order valence-electron chi connectivity index (χ2n) is 6.64. The van der Waals surface area contributed by atoms with Crippen LogP contribution in [0.5, 0.6) is 5.75 Å². The van der Waals surface area contributed by atoms with Crippen molar-refractivity contribution in [3.05, 3.63) is 59.1 Å². The topological polar surface area (TPSA) is 63.7 Å². The summed E-state index contributed by atoms with van der Waals surface area (Å²) in [6.45, 7) is 3.57. The van der Waals surface area contributed by atoms with E-state index in [2.05, 4.69) is 21.3 Å². The summed E-state index contributed by atoms with van der Waals surface area (Å²) in [4.78, 5) is 19.5. The fourth-order valence-electron chi connectivity index (χ4n) is 3.43. The summed E-state index contributed by atoms with van der Waals surface area (Å²) < 4.78 is 11.9. The number of ether oxygens (including phenoxy) is 2. The third-order valence-corrected chi connectivity index (χ3v) is 5.94. The molecule has 7 heteroatoms. The van der Waals surface area contributed by atoms with Crippen molar-refractivity contribution in [3.63, 3.8) is 0 Å². The number of fused-ring (bicyclic) bond motifs is 1. The van der Waals surface area contributed by atoms with Crippen molar-refractivity contribution < 1.29 is 14.3 Å². The number of thiazole rings is 1. The van der Waals surface area contributed by atoms with Gasteiger partial charge in [0.15, 0.2) is 5.01 Å². The molecule has 6 nitrogen and oxygen atoms in total. The molecule has 0 saturated carbocycles. The van der Waals surface area contributed by atoms with Gasteiger partial charge in [0.25, 0.3) is 5.91 Å². The summed E-state index contributed by atoms with van der Waals surface area (Å²) in [6, 6.07) is 15.9. The summed E-state index contributed by atoms with van der Waals surface area (Å²) in [7, 11) is 1.66. The van der Waals surface area contributed by atoms with E-state index < -0.39 is 0 Å². The Morgan fingerprint density at radius 2 is 2.07 bits per heavy atom. The van der Waals surface area contributed by atoms with E-state index in [0.717, 1.165) is 34.6 Å². The van der Waals surface area contributed by atoms with Gasteiger partial charge in [-0.2, -0.15) is 0 Å². The number of hydrogen-bond acceptors (Lipinski definition) is 6. The van der Waals surface area contributed by atoms with Gasteiger partial charge in [0.05, 0.1) is 36.6 Å². The largest absolute Gasteiger partial charge is 0.497 e. The van der Waals surface area contributed by atoms with Gasteiger partial charge in [0, 0.05) is 19.6 Å². The van der Waals surface area contributed by atoms with Crippen molar-refractivity contribution >= 4 is 27.5 Å². The van der Waals surface area contributed by atoms with Crippen LogP contribution in [0.2, 0.25) is 0 Å². The lowest BCUT2D eigenvalue weighted by Crippen LogP contribution is -2.43. The van der Waals surface area contributed by atoms with Gasteiger partial charge in [0.2, 0.25) is 0 Å². The van der Waals surface area contributed by atoms with Crippen molar-refractivity contribution in [3.8, 4) is 5.75 Å². The Labute approximate surface area is 168 Å². The second-order valence-corrected chi connectivity index (χ2v) is 7.67. The van der Waals surface area contributed by atoms with Crippen LogP contribution in [0.4, 0.5) is 0 Å². The van der Waals surface area contributed by atoms with Crippen molar-refractivity contribution in [2.75, 3.05) is 40.0 Å². The van der Waals surface area contributed by atoms with Gasteiger partial charge in [-0.25, -0.2) is 4.98 Å². The number of morpholine rings is 1. The molecule has 0 spiro atoms. The number of methoxy groups -OCH3 is 1. The number of benzene rings is 2. The molecule has 2 heterocycles. The molecule has 1 unspecified atom stereocenters. The fraction of sp³-hybridized carbons (Fsp3) is 0.333. The van der Waals surface area contributed by atoms with E-state index in [0.29, 0.717) is 24.8 Å². The summed E-state index contributed by atoms with van der Waals surface area (Å²) >= 11 is 1.42. The lowest BCUT2D eigenvalue weighted by molar-refractivity contribution is 0.0162. The highest BCUT2D eigenvalue weighted by Gasteiger charge is 2.24. The molecule has 1 N–H and O–H groups in total. The molecule has 1 aliphatic heterocycles. The highest BCUT2D eigenvalue weighted by molar-refractivity contribution is 7.20. The number of hydrogen-bond donors (Lipinski definition) is 1. The Morgan fingerprint density at radius 3 is 2.86 bits per heavy atom. The summed E-state index contributed by atoms with van der Waals surface area (Å²) in [5.41, 5.74) is 1.97. The van der Waals surface area contributed by atoms with Crippen LogP contribution in [0, 0.1) is 0 Å². The van der Waals surface area contributed by atoms with E-state index in [9.17, 15) is 4.79 Å². The number of carbonyl (C=O) groups excluding carboxylic acids is 1. The van der Waals surface area contributed by atoms with Gasteiger partial charge in [-0.05, 0) is 29.8 Å². The molecule has 1 atom stereocenters. The lowest BCUT2D eigenvalue weighted by Gasteiger charge is -2.35. The molecule has 2 aromatic carbocycles. The lowest BCUT2D eigenvalue weighted by atomic mass is 10.0. The zero-order chi connectivity index (χ0) is 19.3. The Hall–Kier alpha value is -2.48. The third kappa shape index (κ3) is 4.16. The number of amides is 1. The van der Waals surface area contributed by atoms with Crippen molar-refractivity contribution in [2.45, 2.75) is 6.04 Å². The van der Waals surface area contributed by atoms with Crippen LogP contribution < -0.4 is 10.1 Å². The number of rotatable bonds is 6. The molecule has 3 aromatic rings. The molecule has 1 saturated heterocycles. The number of nitrogens with zero attached hydrogens (tertiary/aromatic N) is 2. The van der Waals surface area contributed by atoms with Crippen LogP contribution in [0.25, 0.3) is 10.2 Å². The maximum Gasteiger partial charge on any atom is 0.280 e. The van der Waals surface area contributed by atoms with Crippen molar-refractivity contribution in [2.24, 2.45) is 0 Å². The highest BCUT2D eigenvalue weighted by atomic mass is 32.1. The second kappa shape index (κ2) is 8.68.